The Hall–Kier alpha value is 0.220. The quantitative estimate of drug-likeness (QED) is 0.711. The van der Waals surface area contributed by atoms with Gasteiger partial charge in [0.2, 0.25) is 10.0 Å². The Balaban J connectivity index is 2.20. The van der Waals surface area contributed by atoms with Crippen molar-refractivity contribution in [3.8, 4) is 0 Å². The van der Waals surface area contributed by atoms with Crippen molar-refractivity contribution in [2.24, 2.45) is 0 Å². The van der Waals surface area contributed by atoms with Gasteiger partial charge >= 0.3 is 0 Å². The minimum absolute atomic E-state index is 0.303. The molecule has 1 rings (SSSR count). The third kappa shape index (κ3) is 6.08. The van der Waals surface area contributed by atoms with Crippen LogP contribution in [-0.4, -0.2) is 55.7 Å². The number of unbranched alkanes of at least 4 members (excludes halogenated alkanes) is 1. The van der Waals surface area contributed by atoms with Gasteiger partial charge in [-0.15, -0.1) is 0 Å². The van der Waals surface area contributed by atoms with E-state index in [2.05, 4.69) is 19.2 Å². The fourth-order valence-corrected chi connectivity index (χ4v) is 4.45. The monoisotopic (exact) mass is 280 g/mol. The van der Waals surface area contributed by atoms with Gasteiger partial charge in [-0.05, 0) is 19.4 Å². The lowest BCUT2D eigenvalue weighted by atomic mass is 10.3. The standard InChI is InChI=1S/C11H24N2O2S2/c1-11(2)12-5-3-4-10-17(14,15)13-6-8-16-9-7-13/h11-12H,3-10H2,1-2H3. The zero-order chi connectivity index (χ0) is 12.7. The van der Waals surface area contributed by atoms with Crippen molar-refractivity contribution in [3.05, 3.63) is 0 Å². The maximum absolute atomic E-state index is 12.0. The number of nitrogens with one attached hydrogen (secondary N) is 1. The Morgan fingerprint density at radius 1 is 1.24 bits per heavy atom. The van der Waals surface area contributed by atoms with E-state index in [1.165, 1.54) is 0 Å². The second-order valence-corrected chi connectivity index (χ2v) is 7.96. The molecule has 6 heteroatoms. The summed E-state index contributed by atoms with van der Waals surface area (Å²) in [5.74, 6) is 2.18. The molecule has 0 unspecified atom stereocenters. The molecule has 1 saturated heterocycles. The summed E-state index contributed by atoms with van der Waals surface area (Å²) in [6, 6.07) is 0.478. The highest BCUT2D eigenvalue weighted by atomic mass is 32.2. The van der Waals surface area contributed by atoms with Crippen LogP contribution < -0.4 is 5.32 Å². The van der Waals surface area contributed by atoms with Gasteiger partial charge in [0, 0.05) is 30.6 Å². The van der Waals surface area contributed by atoms with Gasteiger partial charge in [-0.3, -0.25) is 0 Å². The number of nitrogens with zero attached hydrogens (tertiary/aromatic N) is 1. The molecule has 17 heavy (non-hydrogen) atoms. The third-order valence-electron chi connectivity index (χ3n) is 2.75. The Bertz CT molecular complexity index is 299. The maximum atomic E-state index is 12.0. The molecule has 1 heterocycles. The SMILES string of the molecule is CC(C)NCCCCS(=O)(=O)N1CCSCC1. The molecule has 0 aromatic heterocycles. The van der Waals surface area contributed by atoms with E-state index in [1.807, 2.05) is 11.8 Å². The first-order valence-corrected chi connectivity index (χ1v) is 9.08. The summed E-state index contributed by atoms with van der Waals surface area (Å²) < 4.78 is 25.6. The van der Waals surface area contributed by atoms with Crippen molar-refractivity contribution in [1.82, 2.24) is 9.62 Å². The minimum Gasteiger partial charge on any atom is -0.315 e. The first kappa shape index (κ1) is 15.3. The molecule has 102 valence electrons. The van der Waals surface area contributed by atoms with Crippen LogP contribution in [0.5, 0.6) is 0 Å². The van der Waals surface area contributed by atoms with E-state index in [-0.39, 0.29) is 0 Å². The molecule has 0 atom stereocenters. The molecule has 0 spiro atoms. The van der Waals surface area contributed by atoms with Crippen LogP contribution in [0, 0.1) is 0 Å². The van der Waals surface area contributed by atoms with E-state index in [9.17, 15) is 8.42 Å². The van der Waals surface area contributed by atoms with Crippen LogP contribution in [0.4, 0.5) is 0 Å². The normalized spacial score (nSPS) is 18.8. The molecule has 0 aromatic carbocycles. The lowest BCUT2D eigenvalue weighted by molar-refractivity contribution is 0.441. The molecule has 0 amide bonds. The Kier molecular flexibility index (Phi) is 6.84. The molecule has 0 saturated carbocycles. The molecular weight excluding hydrogens is 256 g/mol. The molecule has 0 radical (unpaired) electrons. The highest BCUT2D eigenvalue weighted by Gasteiger charge is 2.23. The van der Waals surface area contributed by atoms with Gasteiger partial charge in [-0.2, -0.15) is 11.8 Å². The molecular formula is C11H24N2O2S2. The number of hydrogen-bond donors (Lipinski definition) is 1. The average Bonchev–Trinajstić information content (AvgIpc) is 2.29. The predicted molar refractivity (Wildman–Crippen MR) is 75.1 cm³/mol. The van der Waals surface area contributed by atoms with Gasteiger partial charge in [-0.1, -0.05) is 13.8 Å². The Morgan fingerprint density at radius 2 is 1.88 bits per heavy atom. The van der Waals surface area contributed by atoms with Crippen molar-refractivity contribution in [1.29, 1.82) is 0 Å². The second kappa shape index (κ2) is 7.61. The van der Waals surface area contributed by atoms with Gasteiger partial charge < -0.3 is 5.32 Å². The van der Waals surface area contributed by atoms with Crippen LogP contribution in [-0.2, 0) is 10.0 Å². The molecule has 0 aromatic rings. The molecule has 1 fully saturated rings. The number of sulfonamides is 1. The van der Waals surface area contributed by atoms with Crippen molar-refractivity contribution in [2.75, 3.05) is 36.9 Å². The second-order valence-electron chi connectivity index (χ2n) is 4.64. The van der Waals surface area contributed by atoms with Gasteiger partial charge in [-0.25, -0.2) is 12.7 Å². The molecule has 1 aliphatic rings. The van der Waals surface area contributed by atoms with Gasteiger partial charge in [0.05, 0.1) is 5.75 Å². The van der Waals surface area contributed by atoms with E-state index in [0.29, 0.717) is 24.9 Å². The third-order valence-corrected chi connectivity index (χ3v) is 5.64. The topological polar surface area (TPSA) is 49.4 Å². The van der Waals surface area contributed by atoms with Crippen LogP contribution in [0.3, 0.4) is 0 Å². The van der Waals surface area contributed by atoms with Gasteiger partial charge in [0.15, 0.2) is 0 Å². The largest absolute Gasteiger partial charge is 0.315 e. The van der Waals surface area contributed by atoms with Crippen LogP contribution >= 0.6 is 11.8 Å². The average molecular weight is 280 g/mol. The van der Waals surface area contributed by atoms with Crippen molar-refractivity contribution in [2.45, 2.75) is 32.7 Å². The fraction of sp³-hybridized carbons (Fsp3) is 1.00. The number of thioether (sulfide) groups is 1. The summed E-state index contributed by atoms with van der Waals surface area (Å²) in [6.07, 6.45) is 1.69. The summed E-state index contributed by atoms with van der Waals surface area (Å²) in [5, 5.41) is 3.30. The zero-order valence-corrected chi connectivity index (χ0v) is 12.4. The van der Waals surface area contributed by atoms with Crippen molar-refractivity contribution < 1.29 is 8.42 Å². The van der Waals surface area contributed by atoms with Gasteiger partial charge in [0.25, 0.3) is 0 Å². The molecule has 1 N–H and O–H groups in total. The van der Waals surface area contributed by atoms with Crippen LogP contribution in [0.2, 0.25) is 0 Å². The highest BCUT2D eigenvalue weighted by Crippen LogP contribution is 2.14. The summed E-state index contributed by atoms with van der Waals surface area (Å²) >= 11 is 1.83. The van der Waals surface area contributed by atoms with Gasteiger partial charge in [0.1, 0.15) is 0 Å². The number of hydrogen-bond acceptors (Lipinski definition) is 4. The lowest BCUT2D eigenvalue weighted by Crippen LogP contribution is -2.39. The molecule has 4 nitrogen and oxygen atoms in total. The summed E-state index contributed by atoms with van der Waals surface area (Å²) in [7, 11) is -2.99. The zero-order valence-electron chi connectivity index (χ0n) is 10.8. The van der Waals surface area contributed by atoms with E-state index < -0.39 is 10.0 Å². The maximum Gasteiger partial charge on any atom is 0.214 e. The fourth-order valence-electron chi connectivity index (χ4n) is 1.75. The molecule has 1 aliphatic heterocycles. The molecule has 0 bridgehead atoms. The number of rotatable bonds is 7. The first-order chi connectivity index (χ1) is 8.02. The van der Waals surface area contributed by atoms with Crippen molar-refractivity contribution in [3.63, 3.8) is 0 Å². The van der Waals surface area contributed by atoms with E-state index in [1.54, 1.807) is 4.31 Å². The first-order valence-electron chi connectivity index (χ1n) is 6.31. The summed E-state index contributed by atoms with van der Waals surface area (Å²) in [4.78, 5) is 0. The van der Waals surface area contributed by atoms with E-state index in [0.717, 1.165) is 30.9 Å². The Labute approximate surface area is 110 Å². The summed E-state index contributed by atoms with van der Waals surface area (Å²) in [6.45, 7) is 6.49. The van der Waals surface area contributed by atoms with E-state index >= 15 is 0 Å². The van der Waals surface area contributed by atoms with Crippen molar-refractivity contribution >= 4 is 21.8 Å². The lowest BCUT2D eigenvalue weighted by Gasteiger charge is -2.25. The van der Waals surface area contributed by atoms with Crippen LogP contribution in [0.15, 0.2) is 0 Å². The van der Waals surface area contributed by atoms with Crippen LogP contribution in [0.1, 0.15) is 26.7 Å². The predicted octanol–water partition coefficient (Wildman–Crippen LogP) is 1.14. The Morgan fingerprint density at radius 3 is 2.47 bits per heavy atom. The van der Waals surface area contributed by atoms with E-state index in [4.69, 9.17) is 0 Å². The highest BCUT2D eigenvalue weighted by molar-refractivity contribution is 7.99. The minimum atomic E-state index is -2.99. The van der Waals surface area contributed by atoms with Crippen LogP contribution in [0.25, 0.3) is 0 Å². The summed E-state index contributed by atoms with van der Waals surface area (Å²) in [5.41, 5.74) is 0. The smallest absolute Gasteiger partial charge is 0.214 e. The molecule has 0 aliphatic carbocycles.